The molecule has 0 saturated carbocycles. The average molecular weight is 394 g/mol. The highest BCUT2D eigenvalue weighted by Crippen LogP contribution is 2.30. The van der Waals surface area contributed by atoms with Gasteiger partial charge in [0.05, 0.1) is 4.88 Å². The minimum atomic E-state index is -0.121. The highest BCUT2D eigenvalue weighted by atomic mass is 32.1. The molecule has 0 spiro atoms. The van der Waals surface area contributed by atoms with Crippen molar-refractivity contribution in [3.05, 3.63) is 69.8 Å². The summed E-state index contributed by atoms with van der Waals surface area (Å²) in [6.45, 7) is 0.393. The maximum absolute atomic E-state index is 12.8. The quantitative estimate of drug-likeness (QED) is 0.660. The molecule has 28 heavy (non-hydrogen) atoms. The standard InChI is InChI=1S/C22H23N3O2S/c26-22(20-14-17-6-3-1-2-4-8-19(17)28-20)25-21-18(7-5-11-24-21)27-15-16-9-12-23-13-10-16/h5,7,9-14H,1-4,6,8,15H2,(H,24,25,26). The molecule has 0 atom stereocenters. The van der Waals surface area contributed by atoms with Gasteiger partial charge in [0.15, 0.2) is 11.6 Å². The van der Waals surface area contributed by atoms with Gasteiger partial charge in [-0.05, 0) is 67.1 Å². The van der Waals surface area contributed by atoms with Crippen LogP contribution in [0.25, 0.3) is 0 Å². The third-order valence-electron chi connectivity index (χ3n) is 4.87. The highest BCUT2D eigenvalue weighted by molar-refractivity contribution is 7.14. The fourth-order valence-corrected chi connectivity index (χ4v) is 4.52. The smallest absolute Gasteiger partial charge is 0.267 e. The summed E-state index contributed by atoms with van der Waals surface area (Å²) in [7, 11) is 0. The van der Waals surface area contributed by atoms with E-state index >= 15 is 0 Å². The van der Waals surface area contributed by atoms with Gasteiger partial charge in [0.2, 0.25) is 0 Å². The summed E-state index contributed by atoms with van der Waals surface area (Å²) in [5, 5.41) is 2.93. The molecule has 1 aliphatic rings. The number of aromatic nitrogens is 2. The Morgan fingerprint density at radius 1 is 1.07 bits per heavy atom. The summed E-state index contributed by atoms with van der Waals surface area (Å²) in [5.41, 5.74) is 2.35. The van der Waals surface area contributed by atoms with Crippen LogP contribution in [0.3, 0.4) is 0 Å². The molecule has 3 aromatic rings. The van der Waals surface area contributed by atoms with E-state index in [0.29, 0.717) is 18.2 Å². The third-order valence-corrected chi connectivity index (χ3v) is 6.10. The van der Waals surface area contributed by atoms with Crippen LogP contribution in [0.4, 0.5) is 5.82 Å². The first-order valence-corrected chi connectivity index (χ1v) is 10.5. The molecule has 0 aromatic carbocycles. The van der Waals surface area contributed by atoms with Crippen molar-refractivity contribution in [1.29, 1.82) is 0 Å². The summed E-state index contributed by atoms with van der Waals surface area (Å²) in [4.78, 5) is 23.2. The van der Waals surface area contributed by atoms with Crippen LogP contribution < -0.4 is 10.1 Å². The number of fused-ring (bicyclic) bond motifs is 1. The van der Waals surface area contributed by atoms with E-state index in [1.807, 2.05) is 18.2 Å². The van der Waals surface area contributed by atoms with Gasteiger partial charge in [-0.2, -0.15) is 0 Å². The van der Waals surface area contributed by atoms with Crippen molar-refractivity contribution in [2.24, 2.45) is 0 Å². The van der Waals surface area contributed by atoms with Crippen LogP contribution in [-0.2, 0) is 19.4 Å². The number of nitrogens with zero attached hydrogens (tertiary/aromatic N) is 2. The Labute approximate surface area is 168 Å². The van der Waals surface area contributed by atoms with Crippen LogP contribution in [0.2, 0.25) is 0 Å². The maximum atomic E-state index is 12.8. The summed E-state index contributed by atoms with van der Waals surface area (Å²) in [5.74, 6) is 0.883. The minimum absolute atomic E-state index is 0.121. The van der Waals surface area contributed by atoms with Crippen molar-refractivity contribution in [3.63, 3.8) is 0 Å². The summed E-state index contributed by atoms with van der Waals surface area (Å²) in [6, 6.07) is 9.47. The number of anilines is 1. The van der Waals surface area contributed by atoms with Gasteiger partial charge >= 0.3 is 0 Å². The lowest BCUT2D eigenvalue weighted by Gasteiger charge is -2.11. The van der Waals surface area contributed by atoms with E-state index in [1.54, 1.807) is 36.0 Å². The fraction of sp³-hybridized carbons (Fsp3) is 0.318. The van der Waals surface area contributed by atoms with Crippen LogP contribution >= 0.6 is 11.3 Å². The summed E-state index contributed by atoms with van der Waals surface area (Å²) >= 11 is 1.61. The first-order chi connectivity index (χ1) is 13.8. The van der Waals surface area contributed by atoms with E-state index < -0.39 is 0 Å². The van der Waals surface area contributed by atoms with E-state index in [4.69, 9.17) is 4.74 Å². The molecule has 6 heteroatoms. The minimum Gasteiger partial charge on any atom is -0.485 e. The summed E-state index contributed by atoms with van der Waals surface area (Å²) < 4.78 is 5.87. The number of amides is 1. The molecule has 0 aliphatic heterocycles. The van der Waals surface area contributed by atoms with Gasteiger partial charge in [-0.25, -0.2) is 4.98 Å². The molecule has 0 radical (unpaired) electrons. The molecule has 1 N–H and O–H groups in total. The van der Waals surface area contributed by atoms with E-state index in [0.717, 1.165) is 23.3 Å². The Balaban J connectivity index is 1.47. The third kappa shape index (κ3) is 4.57. The number of aryl methyl sites for hydroxylation is 2. The number of carbonyl (C=O) groups excluding carboxylic acids is 1. The van der Waals surface area contributed by atoms with Crippen molar-refractivity contribution >= 4 is 23.1 Å². The number of nitrogens with one attached hydrogen (secondary N) is 1. The predicted octanol–water partition coefficient (Wildman–Crippen LogP) is 5.03. The number of hydrogen-bond donors (Lipinski definition) is 1. The first kappa shape index (κ1) is 18.6. The Morgan fingerprint density at radius 3 is 2.75 bits per heavy atom. The van der Waals surface area contributed by atoms with Crippen LogP contribution in [0.15, 0.2) is 48.9 Å². The van der Waals surface area contributed by atoms with E-state index in [2.05, 4.69) is 21.4 Å². The zero-order chi connectivity index (χ0) is 19.2. The van der Waals surface area contributed by atoms with Crippen molar-refractivity contribution in [1.82, 2.24) is 9.97 Å². The summed E-state index contributed by atoms with van der Waals surface area (Å²) in [6.07, 6.45) is 12.2. The molecule has 144 valence electrons. The Morgan fingerprint density at radius 2 is 1.89 bits per heavy atom. The van der Waals surface area contributed by atoms with Crippen molar-refractivity contribution < 1.29 is 9.53 Å². The van der Waals surface area contributed by atoms with Crippen LogP contribution in [0, 0.1) is 0 Å². The second-order valence-corrected chi connectivity index (χ2v) is 8.06. The van der Waals surface area contributed by atoms with E-state index in [-0.39, 0.29) is 5.91 Å². The van der Waals surface area contributed by atoms with Crippen molar-refractivity contribution in [2.75, 3.05) is 5.32 Å². The molecular formula is C22H23N3O2S. The van der Waals surface area contributed by atoms with Crippen molar-refractivity contribution in [2.45, 2.75) is 45.1 Å². The molecular weight excluding hydrogens is 370 g/mol. The number of carbonyl (C=O) groups is 1. The van der Waals surface area contributed by atoms with E-state index in [9.17, 15) is 4.79 Å². The second kappa shape index (κ2) is 8.97. The molecule has 0 unspecified atom stereocenters. The zero-order valence-corrected chi connectivity index (χ0v) is 16.5. The molecule has 1 aliphatic carbocycles. The lowest BCUT2D eigenvalue weighted by atomic mass is 10.00. The molecule has 0 fully saturated rings. The fourth-order valence-electron chi connectivity index (χ4n) is 3.37. The number of hydrogen-bond acceptors (Lipinski definition) is 5. The number of rotatable bonds is 5. The Kier molecular flexibility index (Phi) is 5.97. The van der Waals surface area contributed by atoms with Gasteiger partial charge in [-0.1, -0.05) is 12.8 Å². The monoisotopic (exact) mass is 393 g/mol. The van der Waals surface area contributed by atoms with Gasteiger partial charge in [0.25, 0.3) is 5.91 Å². The second-order valence-electron chi connectivity index (χ2n) is 6.92. The van der Waals surface area contributed by atoms with Crippen LogP contribution in [0.5, 0.6) is 5.75 Å². The average Bonchev–Trinajstić information content (AvgIpc) is 3.10. The van der Waals surface area contributed by atoms with Gasteiger partial charge in [-0.15, -0.1) is 11.3 Å². The largest absolute Gasteiger partial charge is 0.485 e. The molecule has 5 nitrogen and oxygen atoms in total. The molecule has 3 aromatic heterocycles. The molecule has 0 saturated heterocycles. The molecule has 1 amide bonds. The first-order valence-electron chi connectivity index (χ1n) is 9.69. The lowest BCUT2D eigenvalue weighted by molar-refractivity contribution is 0.102. The molecule has 3 heterocycles. The van der Waals surface area contributed by atoms with Gasteiger partial charge in [0, 0.05) is 23.5 Å². The zero-order valence-electron chi connectivity index (χ0n) is 15.7. The maximum Gasteiger partial charge on any atom is 0.267 e. The number of thiophene rings is 1. The van der Waals surface area contributed by atoms with Gasteiger partial charge in [-0.3, -0.25) is 9.78 Å². The lowest BCUT2D eigenvalue weighted by Crippen LogP contribution is -2.12. The van der Waals surface area contributed by atoms with Crippen LogP contribution in [-0.4, -0.2) is 15.9 Å². The number of ether oxygens (including phenoxy) is 1. The Bertz CT molecular complexity index is 914. The predicted molar refractivity (Wildman–Crippen MR) is 111 cm³/mol. The molecule has 4 rings (SSSR count). The molecule has 0 bridgehead atoms. The normalized spacial score (nSPS) is 13.9. The van der Waals surface area contributed by atoms with E-state index in [1.165, 1.54) is 36.1 Å². The van der Waals surface area contributed by atoms with Gasteiger partial charge in [0.1, 0.15) is 6.61 Å². The van der Waals surface area contributed by atoms with Gasteiger partial charge < -0.3 is 10.1 Å². The SMILES string of the molecule is O=C(Nc1ncccc1OCc1ccncc1)c1cc2c(s1)CCCCCC2. The van der Waals surface area contributed by atoms with Crippen LogP contribution in [0.1, 0.15) is 51.4 Å². The number of pyridine rings is 2. The highest BCUT2D eigenvalue weighted by Gasteiger charge is 2.17. The Hall–Kier alpha value is -2.73. The van der Waals surface area contributed by atoms with Crippen molar-refractivity contribution in [3.8, 4) is 5.75 Å². The topological polar surface area (TPSA) is 64.1 Å².